The van der Waals surface area contributed by atoms with Gasteiger partial charge in [-0.3, -0.25) is 9.59 Å². The summed E-state index contributed by atoms with van der Waals surface area (Å²) in [5.41, 5.74) is 0.534. The number of carbonyl (C=O) groups is 2. The number of thiophene rings is 1. The lowest BCUT2D eigenvalue weighted by atomic mass is 10.3. The lowest BCUT2D eigenvalue weighted by Gasteiger charge is -2.08. The van der Waals surface area contributed by atoms with Crippen molar-refractivity contribution in [2.24, 2.45) is 0 Å². The summed E-state index contributed by atoms with van der Waals surface area (Å²) in [6.45, 7) is 0.172. The van der Waals surface area contributed by atoms with E-state index in [4.69, 9.17) is 0 Å². The molecule has 1 N–H and O–H groups in total. The fourth-order valence-corrected chi connectivity index (χ4v) is 4.13. The van der Waals surface area contributed by atoms with Crippen LogP contribution in [0.15, 0.2) is 13.6 Å². The minimum absolute atomic E-state index is 0.172. The van der Waals surface area contributed by atoms with Gasteiger partial charge in [-0.05, 0) is 37.9 Å². The maximum Gasteiger partial charge on any atom is 0.321 e. The van der Waals surface area contributed by atoms with Gasteiger partial charge in [0.15, 0.2) is 0 Å². The Kier molecular flexibility index (Phi) is 6.11. The number of amides is 1. The summed E-state index contributed by atoms with van der Waals surface area (Å²) in [4.78, 5) is 22.3. The highest BCUT2D eigenvalue weighted by atomic mass is 79.9. The largest absolute Gasteiger partial charge is 0.468 e. The highest BCUT2D eigenvalue weighted by Crippen LogP contribution is 2.31. The van der Waals surface area contributed by atoms with Crippen LogP contribution in [0.3, 0.4) is 0 Å². The second-order valence-electron chi connectivity index (χ2n) is 2.94. The quantitative estimate of drug-likeness (QED) is 0.568. The summed E-state index contributed by atoms with van der Waals surface area (Å²) in [6, 6.07) is 1.71. The van der Waals surface area contributed by atoms with Crippen molar-refractivity contribution in [3.8, 4) is 0 Å². The molecule has 1 aromatic heterocycles. The highest BCUT2D eigenvalue weighted by Gasteiger charge is 2.18. The Hall–Kier alpha value is 0.0800. The van der Waals surface area contributed by atoms with E-state index < -0.39 is 10.8 Å². The van der Waals surface area contributed by atoms with E-state index in [0.29, 0.717) is 5.56 Å². The standard InChI is InChI=1S/C9H8Br3NO3S/c1-16-9(15)5(10)3-13-8(14)4-2-6(11)17-7(4)12/h2,5H,3H2,1H3,(H,13,14). The van der Waals surface area contributed by atoms with E-state index in [1.165, 1.54) is 18.4 Å². The minimum atomic E-state index is -0.544. The molecule has 0 aliphatic carbocycles. The molecule has 1 heterocycles. The number of methoxy groups -OCH3 is 1. The van der Waals surface area contributed by atoms with E-state index in [1.54, 1.807) is 6.07 Å². The Labute approximate surface area is 127 Å². The molecule has 0 spiro atoms. The minimum Gasteiger partial charge on any atom is -0.468 e. The van der Waals surface area contributed by atoms with E-state index in [0.717, 1.165) is 7.57 Å². The Morgan fingerprint density at radius 2 is 2.18 bits per heavy atom. The van der Waals surface area contributed by atoms with E-state index in [2.05, 4.69) is 57.8 Å². The monoisotopic (exact) mass is 447 g/mol. The topological polar surface area (TPSA) is 55.4 Å². The number of alkyl halides is 1. The summed E-state index contributed by atoms with van der Waals surface area (Å²) in [5, 5.41) is 2.64. The second-order valence-corrected chi connectivity index (χ2v) is 7.79. The van der Waals surface area contributed by atoms with Crippen LogP contribution in [-0.2, 0) is 9.53 Å². The zero-order chi connectivity index (χ0) is 13.0. The fourth-order valence-electron chi connectivity index (χ4n) is 0.984. The van der Waals surface area contributed by atoms with Crippen LogP contribution < -0.4 is 5.32 Å². The van der Waals surface area contributed by atoms with Crippen LogP contribution in [0.1, 0.15) is 10.4 Å². The van der Waals surface area contributed by atoms with Crippen LogP contribution in [0.25, 0.3) is 0 Å². The zero-order valence-electron chi connectivity index (χ0n) is 8.63. The molecule has 1 atom stereocenters. The highest BCUT2D eigenvalue weighted by molar-refractivity contribution is 9.12. The number of nitrogens with one attached hydrogen (secondary N) is 1. The molecule has 0 saturated heterocycles. The molecule has 94 valence electrons. The predicted octanol–water partition coefficient (Wildman–Crippen LogP) is 2.94. The molecule has 0 fully saturated rings. The van der Waals surface area contributed by atoms with Crippen molar-refractivity contribution in [2.45, 2.75) is 4.83 Å². The number of hydrogen-bond donors (Lipinski definition) is 1. The molecule has 0 aliphatic heterocycles. The van der Waals surface area contributed by atoms with Gasteiger partial charge in [0.05, 0.1) is 20.2 Å². The van der Waals surface area contributed by atoms with Gasteiger partial charge in [-0.25, -0.2) is 0 Å². The van der Waals surface area contributed by atoms with Crippen LogP contribution >= 0.6 is 59.1 Å². The van der Waals surface area contributed by atoms with Crippen molar-refractivity contribution in [1.82, 2.24) is 5.32 Å². The molecule has 0 aliphatic rings. The number of ether oxygens (including phenoxy) is 1. The first kappa shape index (κ1) is 15.1. The molecular formula is C9H8Br3NO3S. The molecule has 1 amide bonds. The van der Waals surface area contributed by atoms with Crippen molar-refractivity contribution < 1.29 is 14.3 Å². The number of esters is 1. The van der Waals surface area contributed by atoms with Gasteiger partial charge in [-0.2, -0.15) is 0 Å². The zero-order valence-corrected chi connectivity index (χ0v) is 14.2. The SMILES string of the molecule is COC(=O)C(Br)CNC(=O)c1cc(Br)sc1Br. The van der Waals surface area contributed by atoms with Gasteiger partial charge in [0.2, 0.25) is 0 Å². The third-order valence-electron chi connectivity index (χ3n) is 1.80. The molecule has 0 bridgehead atoms. The van der Waals surface area contributed by atoms with Gasteiger partial charge >= 0.3 is 5.97 Å². The molecule has 4 nitrogen and oxygen atoms in total. The summed E-state index contributed by atoms with van der Waals surface area (Å²) in [7, 11) is 1.30. The van der Waals surface area contributed by atoms with Crippen LogP contribution in [0.4, 0.5) is 0 Å². The predicted molar refractivity (Wildman–Crippen MR) is 76.8 cm³/mol. The van der Waals surface area contributed by atoms with Gasteiger partial charge in [0, 0.05) is 6.54 Å². The first-order chi connectivity index (χ1) is 7.95. The first-order valence-electron chi connectivity index (χ1n) is 4.40. The lowest BCUT2D eigenvalue weighted by Crippen LogP contribution is -2.33. The molecular weight excluding hydrogens is 442 g/mol. The number of carbonyl (C=O) groups excluding carboxylic acids is 2. The summed E-state index contributed by atoms with van der Waals surface area (Å²) >= 11 is 11.1. The number of hydrogen-bond acceptors (Lipinski definition) is 4. The third-order valence-corrected chi connectivity index (χ3v) is 4.84. The summed E-state index contributed by atoms with van der Waals surface area (Å²) in [5.74, 6) is -0.664. The van der Waals surface area contributed by atoms with Crippen LogP contribution in [-0.4, -0.2) is 30.4 Å². The molecule has 17 heavy (non-hydrogen) atoms. The van der Waals surface area contributed by atoms with E-state index in [1.807, 2.05) is 0 Å². The molecule has 8 heteroatoms. The third kappa shape index (κ3) is 4.35. The van der Waals surface area contributed by atoms with Crippen LogP contribution in [0, 0.1) is 0 Å². The van der Waals surface area contributed by atoms with Gasteiger partial charge in [0.25, 0.3) is 5.91 Å². The average Bonchev–Trinajstić information content (AvgIpc) is 2.63. The summed E-state index contributed by atoms with van der Waals surface area (Å²) < 4.78 is 6.13. The number of halogens is 3. The van der Waals surface area contributed by atoms with Gasteiger partial charge in [0.1, 0.15) is 4.83 Å². The average molecular weight is 450 g/mol. The van der Waals surface area contributed by atoms with Crippen molar-refractivity contribution in [2.75, 3.05) is 13.7 Å². The van der Waals surface area contributed by atoms with E-state index >= 15 is 0 Å². The summed E-state index contributed by atoms with van der Waals surface area (Å²) in [6.07, 6.45) is 0. The van der Waals surface area contributed by atoms with Gasteiger partial charge < -0.3 is 10.1 Å². The van der Waals surface area contributed by atoms with Crippen LogP contribution in [0.5, 0.6) is 0 Å². The van der Waals surface area contributed by atoms with Crippen molar-refractivity contribution >= 4 is 71.0 Å². The normalized spacial score (nSPS) is 12.0. The maximum absolute atomic E-state index is 11.8. The second kappa shape index (κ2) is 6.86. The van der Waals surface area contributed by atoms with Gasteiger partial charge in [-0.1, -0.05) is 15.9 Å². The molecule has 1 rings (SSSR count). The first-order valence-corrected chi connectivity index (χ1v) is 7.72. The maximum atomic E-state index is 11.8. The molecule has 0 aromatic carbocycles. The Morgan fingerprint density at radius 3 is 2.65 bits per heavy atom. The van der Waals surface area contributed by atoms with Crippen molar-refractivity contribution in [3.63, 3.8) is 0 Å². The Morgan fingerprint density at radius 1 is 1.53 bits per heavy atom. The molecule has 1 unspecified atom stereocenters. The number of rotatable bonds is 4. The lowest BCUT2D eigenvalue weighted by molar-refractivity contribution is -0.139. The van der Waals surface area contributed by atoms with E-state index in [-0.39, 0.29) is 12.5 Å². The molecule has 0 radical (unpaired) electrons. The van der Waals surface area contributed by atoms with Crippen molar-refractivity contribution in [3.05, 3.63) is 19.2 Å². The smallest absolute Gasteiger partial charge is 0.321 e. The molecule has 1 aromatic rings. The Bertz CT molecular complexity index is 435. The molecule has 0 saturated carbocycles. The fraction of sp³-hybridized carbons (Fsp3) is 0.333. The van der Waals surface area contributed by atoms with Gasteiger partial charge in [-0.15, -0.1) is 11.3 Å². The van der Waals surface area contributed by atoms with E-state index in [9.17, 15) is 9.59 Å². The van der Waals surface area contributed by atoms with Crippen LogP contribution in [0.2, 0.25) is 0 Å². The van der Waals surface area contributed by atoms with Crippen molar-refractivity contribution in [1.29, 1.82) is 0 Å². The Balaban J connectivity index is 2.56.